The third-order valence-electron chi connectivity index (χ3n) is 5.29. The van der Waals surface area contributed by atoms with Crippen LogP contribution < -0.4 is 5.32 Å². The van der Waals surface area contributed by atoms with Gasteiger partial charge in [-0.15, -0.1) is 0 Å². The lowest BCUT2D eigenvalue weighted by atomic mass is 10.1. The van der Waals surface area contributed by atoms with E-state index in [9.17, 15) is 19.7 Å². The second-order valence-electron chi connectivity index (χ2n) is 7.19. The van der Waals surface area contributed by atoms with E-state index in [1.54, 1.807) is 13.0 Å². The number of carbonyl (C=O) groups is 2. The van der Waals surface area contributed by atoms with E-state index in [1.165, 1.54) is 12.1 Å². The van der Waals surface area contributed by atoms with Crippen LogP contribution >= 0.6 is 11.8 Å². The van der Waals surface area contributed by atoms with Gasteiger partial charge in [0.2, 0.25) is 11.8 Å². The van der Waals surface area contributed by atoms with Crippen LogP contribution in [0.25, 0.3) is 0 Å². The number of amides is 2. The number of aryl methyl sites for hydroxylation is 1. The van der Waals surface area contributed by atoms with E-state index in [4.69, 9.17) is 0 Å². The summed E-state index contributed by atoms with van der Waals surface area (Å²) in [6, 6.07) is 4.27. The number of nitro groups is 1. The number of nitro benzene ring substituents is 1. The fourth-order valence-electron chi connectivity index (χ4n) is 3.73. The Morgan fingerprint density at radius 3 is 2.71 bits per heavy atom. The van der Waals surface area contributed by atoms with Gasteiger partial charge in [-0.05, 0) is 37.9 Å². The molecule has 0 spiro atoms. The first-order chi connectivity index (χ1) is 13.5. The highest BCUT2D eigenvalue weighted by molar-refractivity contribution is 7.99. The molecule has 0 aromatic heterocycles. The Hall–Kier alpha value is -2.13. The molecule has 1 unspecified atom stereocenters. The first kappa shape index (κ1) is 20.6. The minimum atomic E-state index is -0.454. The number of carbonyl (C=O) groups excluding carboxylic acids is 2. The summed E-state index contributed by atoms with van der Waals surface area (Å²) in [6.07, 6.45) is 2.11. The molecule has 0 radical (unpaired) electrons. The molecule has 2 aliphatic heterocycles. The molecule has 9 heteroatoms. The molecule has 1 N–H and O–H groups in total. The number of likely N-dealkylation sites (tertiary alicyclic amines) is 1. The number of rotatable bonds is 6. The van der Waals surface area contributed by atoms with E-state index in [0.29, 0.717) is 17.8 Å². The minimum absolute atomic E-state index is 0.00466. The van der Waals surface area contributed by atoms with Crippen molar-refractivity contribution in [3.05, 3.63) is 33.9 Å². The van der Waals surface area contributed by atoms with Gasteiger partial charge in [-0.3, -0.25) is 24.6 Å². The summed E-state index contributed by atoms with van der Waals surface area (Å²) in [7, 11) is 0. The Labute approximate surface area is 168 Å². The van der Waals surface area contributed by atoms with Crippen molar-refractivity contribution in [2.24, 2.45) is 0 Å². The number of nitrogens with one attached hydrogen (secondary N) is 1. The van der Waals surface area contributed by atoms with Crippen molar-refractivity contribution in [1.82, 2.24) is 9.80 Å². The molecule has 0 aliphatic carbocycles. The molecule has 3 rings (SSSR count). The predicted octanol–water partition coefficient (Wildman–Crippen LogP) is 2.27. The first-order valence-corrected chi connectivity index (χ1v) is 10.8. The molecule has 2 amide bonds. The van der Waals surface area contributed by atoms with E-state index in [0.717, 1.165) is 44.0 Å². The zero-order chi connectivity index (χ0) is 20.1. The van der Waals surface area contributed by atoms with Crippen molar-refractivity contribution in [1.29, 1.82) is 0 Å². The van der Waals surface area contributed by atoms with E-state index in [-0.39, 0.29) is 30.0 Å². The number of anilines is 1. The number of non-ortho nitro benzene ring substituents is 1. The number of hydrogen-bond acceptors (Lipinski definition) is 6. The third kappa shape index (κ3) is 5.02. The zero-order valence-corrected chi connectivity index (χ0v) is 16.9. The molecule has 0 saturated carbocycles. The molecule has 2 saturated heterocycles. The molecule has 152 valence electrons. The van der Waals surface area contributed by atoms with Gasteiger partial charge in [0.1, 0.15) is 0 Å². The largest absolute Gasteiger partial charge is 0.340 e. The molecular formula is C19H26N4O4S. The van der Waals surface area contributed by atoms with Gasteiger partial charge < -0.3 is 10.2 Å². The Bertz CT molecular complexity index is 751. The highest BCUT2D eigenvalue weighted by Crippen LogP contribution is 2.23. The summed E-state index contributed by atoms with van der Waals surface area (Å²) in [4.78, 5) is 39.6. The standard InChI is InChI=1S/C19H26N4O4S/c1-14-13-15(23(26)27)4-5-16(14)20-18(24)6-8-21-7-2-3-17(21)19(25)22-9-11-28-12-10-22/h4-5,13,17H,2-3,6-12H2,1H3,(H,20,24). The molecule has 28 heavy (non-hydrogen) atoms. The van der Waals surface area contributed by atoms with Gasteiger partial charge in [-0.25, -0.2) is 0 Å². The maximum absolute atomic E-state index is 12.8. The number of thioether (sulfide) groups is 1. The van der Waals surface area contributed by atoms with Crippen molar-refractivity contribution in [2.75, 3.05) is 43.0 Å². The van der Waals surface area contributed by atoms with E-state index < -0.39 is 4.92 Å². The molecule has 1 atom stereocenters. The number of nitrogens with zero attached hydrogens (tertiary/aromatic N) is 3. The number of hydrogen-bond donors (Lipinski definition) is 1. The van der Waals surface area contributed by atoms with E-state index >= 15 is 0 Å². The second kappa shape index (κ2) is 9.38. The predicted molar refractivity (Wildman–Crippen MR) is 110 cm³/mol. The van der Waals surface area contributed by atoms with Crippen LogP contribution in [0.5, 0.6) is 0 Å². The molecule has 1 aromatic carbocycles. The molecule has 1 aromatic rings. The highest BCUT2D eigenvalue weighted by atomic mass is 32.2. The summed E-state index contributed by atoms with van der Waals surface area (Å²) in [5, 5.41) is 13.6. The molecular weight excluding hydrogens is 380 g/mol. The summed E-state index contributed by atoms with van der Waals surface area (Å²) >= 11 is 1.88. The first-order valence-electron chi connectivity index (χ1n) is 9.61. The van der Waals surface area contributed by atoms with Gasteiger partial charge >= 0.3 is 0 Å². The Morgan fingerprint density at radius 1 is 1.29 bits per heavy atom. The quantitative estimate of drug-likeness (QED) is 0.575. The van der Waals surface area contributed by atoms with Crippen LogP contribution in [0.4, 0.5) is 11.4 Å². The monoisotopic (exact) mass is 406 g/mol. The van der Waals surface area contributed by atoms with Crippen LogP contribution in [0.1, 0.15) is 24.8 Å². The van der Waals surface area contributed by atoms with Gasteiger partial charge in [0, 0.05) is 55.4 Å². The van der Waals surface area contributed by atoms with Crippen LogP contribution in [-0.4, -0.2) is 70.3 Å². The van der Waals surface area contributed by atoms with Crippen molar-refractivity contribution in [3.8, 4) is 0 Å². The lowest BCUT2D eigenvalue weighted by Crippen LogP contribution is -2.48. The fraction of sp³-hybridized carbons (Fsp3) is 0.579. The smallest absolute Gasteiger partial charge is 0.269 e. The average molecular weight is 407 g/mol. The van der Waals surface area contributed by atoms with Crippen molar-refractivity contribution >= 4 is 35.0 Å². The summed E-state index contributed by atoms with van der Waals surface area (Å²) in [6.45, 7) is 4.73. The van der Waals surface area contributed by atoms with Crippen LogP contribution in [0.15, 0.2) is 18.2 Å². The molecule has 2 fully saturated rings. The van der Waals surface area contributed by atoms with Gasteiger partial charge in [0.25, 0.3) is 5.69 Å². The fourth-order valence-corrected chi connectivity index (χ4v) is 4.63. The zero-order valence-electron chi connectivity index (χ0n) is 16.1. The molecule has 0 bridgehead atoms. The van der Waals surface area contributed by atoms with Gasteiger partial charge in [-0.2, -0.15) is 11.8 Å². The lowest BCUT2D eigenvalue weighted by molar-refractivity contribution is -0.384. The van der Waals surface area contributed by atoms with Crippen LogP contribution in [0, 0.1) is 17.0 Å². The van der Waals surface area contributed by atoms with Gasteiger partial charge in [0.05, 0.1) is 11.0 Å². The maximum Gasteiger partial charge on any atom is 0.269 e. The van der Waals surface area contributed by atoms with Crippen molar-refractivity contribution < 1.29 is 14.5 Å². The SMILES string of the molecule is Cc1cc([N+](=O)[O-])ccc1NC(=O)CCN1CCCC1C(=O)N1CCSCC1. The number of benzene rings is 1. The molecule has 2 aliphatic rings. The third-order valence-corrected chi connectivity index (χ3v) is 6.23. The van der Waals surface area contributed by atoms with Gasteiger partial charge in [-0.1, -0.05) is 0 Å². The van der Waals surface area contributed by atoms with E-state index in [1.807, 2.05) is 16.7 Å². The second-order valence-corrected chi connectivity index (χ2v) is 8.41. The van der Waals surface area contributed by atoms with Crippen LogP contribution in [0.3, 0.4) is 0 Å². The summed E-state index contributed by atoms with van der Waals surface area (Å²) in [5.41, 5.74) is 1.24. The van der Waals surface area contributed by atoms with Crippen molar-refractivity contribution in [3.63, 3.8) is 0 Å². The van der Waals surface area contributed by atoms with Crippen molar-refractivity contribution in [2.45, 2.75) is 32.2 Å². The van der Waals surface area contributed by atoms with E-state index in [2.05, 4.69) is 10.2 Å². The molecule has 2 heterocycles. The lowest BCUT2D eigenvalue weighted by Gasteiger charge is -2.32. The average Bonchev–Trinajstić information content (AvgIpc) is 3.16. The molecule has 8 nitrogen and oxygen atoms in total. The minimum Gasteiger partial charge on any atom is -0.340 e. The highest BCUT2D eigenvalue weighted by Gasteiger charge is 2.34. The Balaban J connectivity index is 1.52. The Kier molecular flexibility index (Phi) is 6.90. The normalized spacial score (nSPS) is 20.2. The maximum atomic E-state index is 12.8. The summed E-state index contributed by atoms with van der Waals surface area (Å²) < 4.78 is 0. The van der Waals surface area contributed by atoms with Gasteiger partial charge in [0.15, 0.2) is 0 Å². The van der Waals surface area contributed by atoms with Crippen LogP contribution in [-0.2, 0) is 9.59 Å². The van der Waals surface area contributed by atoms with Crippen LogP contribution in [0.2, 0.25) is 0 Å². The Morgan fingerprint density at radius 2 is 2.04 bits per heavy atom. The summed E-state index contributed by atoms with van der Waals surface area (Å²) in [5.74, 6) is 2.04. The topological polar surface area (TPSA) is 95.8 Å².